The number of Topliss-reactive ketones (excluding diaryl/α,β-unsaturated/α-hetero) is 2. The molecule has 0 aromatic heterocycles. The fourth-order valence-corrected chi connectivity index (χ4v) is 8.82. The van der Waals surface area contributed by atoms with Crippen LogP contribution in [0.1, 0.15) is 45.4 Å². The fourth-order valence-electron chi connectivity index (χ4n) is 8.82. The van der Waals surface area contributed by atoms with Crippen molar-refractivity contribution in [2.75, 3.05) is 20.3 Å². The molecule has 6 N–H and O–H groups in total. The van der Waals surface area contributed by atoms with E-state index in [0.29, 0.717) is 29.1 Å². The Labute approximate surface area is 203 Å². The van der Waals surface area contributed by atoms with Crippen LogP contribution in [0.4, 0.5) is 4.79 Å². The Hall–Kier alpha value is -2.43. The first kappa shape index (κ1) is 23.0. The molecule has 2 saturated heterocycles. The highest BCUT2D eigenvalue weighted by molar-refractivity contribution is 6.25. The Kier molecular flexibility index (Phi) is 4.95. The van der Waals surface area contributed by atoms with Crippen molar-refractivity contribution in [3.8, 4) is 0 Å². The van der Waals surface area contributed by atoms with Gasteiger partial charge < -0.3 is 36.2 Å². The number of aliphatic hydroxyl groups is 1. The largest absolute Gasteiger partial charge is 0.465 e. The van der Waals surface area contributed by atoms with E-state index in [2.05, 4.69) is 16.4 Å². The fraction of sp³-hybridized carbons (Fsp3) is 0.720. The van der Waals surface area contributed by atoms with Gasteiger partial charge in [-0.3, -0.25) is 9.59 Å². The van der Waals surface area contributed by atoms with E-state index < -0.39 is 17.7 Å². The van der Waals surface area contributed by atoms with Crippen LogP contribution in [0.25, 0.3) is 0 Å². The van der Waals surface area contributed by atoms with Crippen molar-refractivity contribution in [3.63, 3.8) is 0 Å². The Morgan fingerprint density at radius 3 is 2.26 bits per heavy atom. The summed E-state index contributed by atoms with van der Waals surface area (Å²) < 4.78 is 5.99. The first-order valence-corrected chi connectivity index (χ1v) is 12.6. The third-order valence-electron chi connectivity index (χ3n) is 9.65. The molecule has 4 unspecified atom stereocenters. The van der Waals surface area contributed by atoms with Crippen molar-refractivity contribution in [2.24, 2.45) is 29.4 Å². The van der Waals surface area contributed by atoms with Gasteiger partial charge in [-0.15, -0.1) is 0 Å². The van der Waals surface area contributed by atoms with E-state index in [4.69, 9.17) is 14.6 Å². The number of amides is 1. The molecular weight excluding hydrogens is 452 g/mol. The normalized spacial score (nSPS) is 44.1. The Balaban J connectivity index is 0.000000534. The van der Waals surface area contributed by atoms with Gasteiger partial charge in [0, 0.05) is 36.4 Å². The number of rotatable bonds is 4. The highest BCUT2D eigenvalue weighted by atomic mass is 16.5. The maximum atomic E-state index is 13.9. The van der Waals surface area contributed by atoms with Crippen LogP contribution in [0, 0.1) is 23.7 Å². The van der Waals surface area contributed by atoms with Gasteiger partial charge in [0.25, 0.3) is 0 Å². The molecule has 1 amide bonds. The molecule has 5 aliphatic carbocycles. The second kappa shape index (κ2) is 7.54. The van der Waals surface area contributed by atoms with Gasteiger partial charge in [0.15, 0.2) is 5.72 Å². The SMILES string of the molecule is COC12C(CO)C3=C(C(=O)C(C)=C(NC45CC6CC(CC(C6)C4)C5)C3=O)N1CC1NC12.NC(=O)O. The third-order valence-corrected chi connectivity index (χ3v) is 9.65. The van der Waals surface area contributed by atoms with Crippen LogP contribution in [-0.4, -0.2) is 76.4 Å². The molecule has 8 rings (SSSR count). The molecule has 4 atom stereocenters. The number of ether oxygens (including phenoxy) is 1. The van der Waals surface area contributed by atoms with Crippen LogP contribution in [0.5, 0.6) is 0 Å². The Bertz CT molecular complexity index is 1040. The minimum absolute atomic E-state index is 0.0423. The van der Waals surface area contributed by atoms with Gasteiger partial charge >= 0.3 is 6.09 Å². The number of hydrogen-bond acceptors (Lipinski definition) is 8. The molecule has 190 valence electrons. The summed E-state index contributed by atoms with van der Waals surface area (Å²) >= 11 is 0. The number of carbonyl (C=O) groups excluding carboxylic acids is 2. The van der Waals surface area contributed by atoms with Crippen LogP contribution in [0.2, 0.25) is 0 Å². The smallest absolute Gasteiger partial charge is 0.402 e. The lowest BCUT2D eigenvalue weighted by molar-refractivity contribution is -0.137. The topological polar surface area (TPSA) is 164 Å². The number of primary amides is 1. The molecule has 0 aromatic rings. The lowest BCUT2D eigenvalue weighted by Gasteiger charge is -2.57. The number of fused-ring (bicyclic) bond motifs is 4. The zero-order valence-electron chi connectivity index (χ0n) is 20.2. The lowest BCUT2D eigenvalue weighted by Crippen LogP contribution is -2.59. The highest BCUT2D eigenvalue weighted by Crippen LogP contribution is 2.58. The van der Waals surface area contributed by atoms with Crippen molar-refractivity contribution < 1.29 is 29.3 Å². The predicted molar refractivity (Wildman–Crippen MR) is 124 cm³/mol. The monoisotopic (exact) mass is 486 g/mol. The van der Waals surface area contributed by atoms with E-state index in [0.717, 1.165) is 37.0 Å². The van der Waals surface area contributed by atoms with Gasteiger partial charge in [-0.2, -0.15) is 0 Å². The molecule has 4 bridgehead atoms. The molecule has 0 aromatic carbocycles. The standard InChI is InChI=1S/C24H31N3O4.CH3NO2/c1-11-18(26-23-6-12-3-13(7-23)5-14(4-12)8-23)21(30)17-15(10-28)24(31-2)22-16(25-22)9-27(24)19(17)20(11)29;2-1(3)4/h12-16,22,25-26,28H,3-10H2,1-2H3;2H2,(H,3,4). The predicted octanol–water partition coefficient (Wildman–Crippen LogP) is 0.469. The van der Waals surface area contributed by atoms with Crippen molar-refractivity contribution in [2.45, 2.75) is 68.8 Å². The van der Waals surface area contributed by atoms with E-state index >= 15 is 0 Å². The quantitative estimate of drug-likeness (QED) is 0.281. The first-order valence-electron chi connectivity index (χ1n) is 12.6. The Morgan fingerprint density at radius 2 is 1.74 bits per heavy atom. The number of carbonyl (C=O) groups is 3. The number of hydrogen-bond donors (Lipinski definition) is 5. The number of nitrogens with one attached hydrogen (secondary N) is 2. The van der Waals surface area contributed by atoms with Gasteiger partial charge in [-0.1, -0.05) is 0 Å². The zero-order valence-corrected chi connectivity index (χ0v) is 20.2. The van der Waals surface area contributed by atoms with E-state index in [9.17, 15) is 14.7 Å². The summed E-state index contributed by atoms with van der Waals surface area (Å²) in [5.41, 5.74) is 5.07. The summed E-state index contributed by atoms with van der Waals surface area (Å²) in [7, 11) is 1.63. The molecule has 6 fully saturated rings. The van der Waals surface area contributed by atoms with Gasteiger partial charge in [-0.05, 0) is 63.2 Å². The van der Waals surface area contributed by atoms with Crippen LogP contribution >= 0.6 is 0 Å². The van der Waals surface area contributed by atoms with Gasteiger partial charge in [0.05, 0.1) is 30.0 Å². The molecule has 8 aliphatic rings. The first-order chi connectivity index (χ1) is 16.6. The van der Waals surface area contributed by atoms with Crippen molar-refractivity contribution in [1.82, 2.24) is 15.5 Å². The summed E-state index contributed by atoms with van der Waals surface area (Å²) in [6.45, 7) is 2.22. The van der Waals surface area contributed by atoms with Crippen LogP contribution < -0.4 is 16.4 Å². The average molecular weight is 487 g/mol. The van der Waals surface area contributed by atoms with Crippen molar-refractivity contribution >= 4 is 17.7 Å². The third kappa shape index (κ3) is 3.09. The second-order valence-corrected chi connectivity index (χ2v) is 11.6. The lowest BCUT2D eigenvalue weighted by atomic mass is 9.53. The number of methoxy groups -OCH3 is 1. The molecule has 10 heteroatoms. The molecule has 10 nitrogen and oxygen atoms in total. The minimum Gasteiger partial charge on any atom is -0.465 e. The molecule has 3 heterocycles. The number of piperazine rings is 1. The molecule has 0 radical (unpaired) electrons. The summed E-state index contributed by atoms with van der Waals surface area (Å²) in [5.74, 6) is 1.54. The maximum absolute atomic E-state index is 13.9. The van der Waals surface area contributed by atoms with Crippen LogP contribution in [0.3, 0.4) is 0 Å². The second-order valence-electron chi connectivity index (χ2n) is 11.6. The van der Waals surface area contributed by atoms with Gasteiger partial charge in [0.1, 0.15) is 0 Å². The molecule has 0 spiro atoms. The van der Waals surface area contributed by atoms with Gasteiger partial charge in [0.2, 0.25) is 11.6 Å². The summed E-state index contributed by atoms with van der Waals surface area (Å²) in [4.78, 5) is 38.3. The van der Waals surface area contributed by atoms with E-state index in [-0.39, 0.29) is 35.8 Å². The number of nitrogens with two attached hydrogens (primary N) is 1. The number of aliphatic hydroxyl groups excluding tert-OH is 1. The number of allylic oxidation sites excluding steroid dienone is 2. The summed E-state index contributed by atoms with van der Waals surface area (Å²) in [5, 5.41) is 24.7. The average Bonchev–Trinajstić information content (AvgIpc) is 3.39. The highest BCUT2D eigenvalue weighted by Gasteiger charge is 2.72. The van der Waals surface area contributed by atoms with E-state index in [1.165, 1.54) is 19.3 Å². The number of carboxylic acid groups (broad SMARTS) is 1. The van der Waals surface area contributed by atoms with E-state index in [1.807, 2.05) is 4.90 Å². The zero-order chi connectivity index (χ0) is 24.9. The summed E-state index contributed by atoms with van der Waals surface area (Å²) in [6.07, 6.45) is 5.97. The van der Waals surface area contributed by atoms with Gasteiger partial charge in [-0.25, -0.2) is 4.79 Å². The molecular formula is C25H34N4O6. The molecule has 3 aliphatic heterocycles. The minimum atomic E-state index is -1.33. The summed E-state index contributed by atoms with van der Waals surface area (Å²) in [6, 6.07) is 0.294. The maximum Gasteiger partial charge on any atom is 0.402 e. The van der Waals surface area contributed by atoms with Crippen LogP contribution in [0.15, 0.2) is 22.5 Å². The van der Waals surface area contributed by atoms with Crippen molar-refractivity contribution in [1.29, 1.82) is 0 Å². The molecule has 4 saturated carbocycles. The Morgan fingerprint density at radius 1 is 1.17 bits per heavy atom. The van der Waals surface area contributed by atoms with Crippen LogP contribution in [-0.2, 0) is 14.3 Å². The van der Waals surface area contributed by atoms with E-state index in [1.54, 1.807) is 14.0 Å². The van der Waals surface area contributed by atoms with Crippen molar-refractivity contribution in [3.05, 3.63) is 22.5 Å². The number of ketones is 2. The number of nitrogens with zero attached hydrogens (tertiary/aromatic N) is 1. The molecule has 35 heavy (non-hydrogen) atoms.